The fraction of sp³-hybridized carbons (Fsp3) is 0.562. The van der Waals surface area contributed by atoms with Gasteiger partial charge in [-0.2, -0.15) is 0 Å². The highest BCUT2D eigenvalue weighted by molar-refractivity contribution is 9.10. The predicted octanol–water partition coefficient (Wildman–Crippen LogP) is 2.43. The van der Waals surface area contributed by atoms with Gasteiger partial charge in [-0.05, 0) is 43.0 Å². The summed E-state index contributed by atoms with van der Waals surface area (Å²) in [5.74, 6) is 1.76. The molecule has 4 nitrogen and oxygen atoms in total. The van der Waals surface area contributed by atoms with Crippen molar-refractivity contribution in [3.05, 3.63) is 28.7 Å². The second kappa shape index (κ2) is 6.79. The Bertz CT molecular complexity index is 492. The fourth-order valence-electron chi connectivity index (χ4n) is 3.21. The van der Waals surface area contributed by atoms with Crippen LogP contribution in [0.2, 0.25) is 0 Å². The van der Waals surface area contributed by atoms with Gasteiger partial charge in [0.15, 0.2) is 0 Å². The van der Waals surface area contributed by atoms with Crippen LogP contribution in [-0.4, -0.2) is 43.1 Å². The van der Waals surface area contributed by atoms with Gasteiger partial charge >= 0.3 is 0 Å². The Hall–Kier alpha value is -1.07. The maximum absolute atomic E-state index is 11.4. The summed E-state index contributed by atoms with van der Waals surface area (Å²) < 4.78 is 6.85. The molecule has 0 saturated carbocycles. The topological polar surface area (TPSA) is 41.6 Å². The maximum Gasteiger partial charge on any atom is 0.220 e. The summed E-state index contributed by atoms with van der Waals surface area (Å²) in [6.07, 6.45) is 2.78. The molecule has 2 aliphatic rings. The van der Waals surface area contributed by atoms with Crippen molar-refractivity contribution < 1.29 is 9.53 Å². The van der Waals surface area contributed by atoms with E-state index in [9.17, 15) is 4.79 Å². The van der Waals surface area contributed by atoms with E-state index in [1.807, 2.05) is 24.3 Å². The van der Waals surface area contributed by atoms with Gasteiger partial charge in [0, 0.05) is 36.6 Å². The highest BCUT2D eigenvalue weighted by Crippen LogP contribution is 2.25. The predicted molar refractivity (Wildman–Crippen MR) is 85.3 cm³/mol. The van der Waals surface area contributed by atoms with E-state index in [0.29, 0.717) is 25.0 Å². The number of benzene rings is 1. The first kappa shape index (κ1) is 14.9. The molecule has 2 aliphatic heterocycles. The molecule has 0 bridgehead atoms. The molecular formula is C16H21BrN2O2. The lowest BCUT2D eigenvalue weighted by Crippen LogP contribution is -2.54. The monoisotopic (exact) mass is 352 g/mol. The van der Waals surface area contributed by atoms with E-state index in [0.717, 1.165) is 42.7 Å². The summed E-state index contributed by atoms with van der Waals surface area (Å²) in [4.78, 5) is 13.9. The van der Waals surface area contributed by atoms with Crippen molar-refractivity contribution in [2.75, 3.05) is 26.2 Å². The summed E-state index contributed by atoms with van der Waals surface area (Å²) in [6.45, 7) is 3.79. The van der Waals surface area contributed by atoms with Gasteiger partial charge < -0.3 is 10.1 Å². The summed E-state index contributed by atoms with van der Waals surface area (Å²) >= 11 is 3.42. The minimum absolute atomic E-state index is 0.225. The molecule has 2 unspecified atom stereocenters. The van der Waals surface area contributed by atoms with E-state index in [-0.39, 0.29) is 5.91 Å². The molecule has 2 saturated heterocycles. The van der Waals surface area contributed by atoms with Crippen LogP contribution in [0.3, 0.4) is 0 Å². The molecule has 0 aromatic heterocycles. The number of nitrogens with zero attached hydrogens (tertiary/aromatic N) is 1. The number of carbonyl (C=O) groups excluding carboxylic acids is 1. The number of rotatable bonds is 4. The standard InChI is InChI=1S/C16H21BrN2O2/c17-13-2-4-14(5-3-13)21-10-9-19-8-7-15-12(11-19)1-6-16(20)18-15/h2-5,12,15H,1,6-11H2,(H,18,20). The molecule has 0 spiro atoms. The average molecular weight is 353 g/mol. The van der Waals surface area contributed by atoms with Crippen LogP contribution in [-0.2, 0) is 4.79 Å². The van der Waals surface area contributed by atoms with Crippen LogP contribution in [0.1, 0.15) is 19.3 Å². The van der Waals surface area contributed by atoms with Gasteiger partial charge in [0.05, 0.1) is 0 Å². The Kier molecular flexibility index (Phi) is 4.80. The van der Waals surface area contributed by atoms with E-state index in [2.05, 4.69) is 26.1 Å². The number of hydrogen-bond acceptors (Lipinski definition) is 3. The fourth-order valence-corrected chi connectivity index (χ4v) is 3.48. The summed E-state index contributed by atoms with van der Waals surface area (Å²) in [5.41, 5.74) is 0. The molecule has 114 valence electrons. The van der Waals surface area contributed by atoms with Crippen molar-refractivity contribution in [3.63, 3.8) is 0 Å². The van der Waals surface area contributed by atoms with Crippen LogP contribution >= 0.6 is 15.9 Å². The van der Waals surface area contributed by atoms with Crippen molar-refractivity contribution in [1.29, 1.82) is 0 Å². The molecule has 0 aliphatic carbocycles. The van der Waals surface area contributed by atoms with E-state index in [4.69, 9.17) is 4.74 Å². The Morgan fingerprint density at radius 2 is 2.10 bits per heavy atom. The highest BCUT2D eigenvalue weighted by Gasteiger charge is 2.33. The number of halogens is 1. The zero-order chi connectivity index (χ0) is 14.7. The van der Waals surface area contributed by atoms with Crippen LogP contribution in [0.25, 0.3) is 0 Å². The number of hydrogen-bond donors (Lipinski definition) is 1. The van der Waals surface area contributed by atoms with Gasteiger partial charge in [-0.3, -0.25) is 9.69 Å². The molecule has 5 heteroatoms. The van der Waals surface area contributed by atoms with Gasteiger partial charge in [-0.1, -0.05) is 15.9 Å². The summed E-state index contributed by atoms with van der Waals surface area (Å²) in [6, 6.07) is 8.34. The lowest BCUT2D eigenvalue weighted by Gasteiger charge is -2.41. The van der Waals surface area contributed by atoms with Crippen molar-refractivity contribution in [2.45, 2.75) is 25.3 Å². The normalized spacial score (nSPS) is 26.0. The van der Waals surface area contributed by atoms with Gasteiger partial charge in [0.1, 0.15) is 12.4 Å². The molecule has 2 heterocycles. The number of fused-ring (bicyclic) bond motifs is 1. The molecule has 2 atom stereocenters. The molecule has 1 amide bonds. The summed E-state index contributed by atoms with van der Waals surface area (Å²) in [7, 11) is 0. The first-order valence-corrected chi connectivity index (χ1v) is 8.40. The molecule has 21 heavy (non-hydrogen) atoms. The highest BCUT2D eigenvalue weighted by atomic mass is 79.9. The van der Waals surface area contributed by atoms with Gasteiger partial charge in [-0.15, -0.1) is 0 Å². The molecule has 0 radical (unpaired) electrons. The molecule has 1 aromatic carbocycles. The smallest absolute Gasteiger partial charge is 0.220 e. The van der Waals surface area contributed by atoms with Gasteiger partial charge in [0.2, 0.25) is 5.91 Å². The Labute approximate surface area is 134 Å². The number of nitrogens with one attached hydrogen (secondary N) is 1. The molecular weight excluding hydrogens is 332 g/mol. The SMILES string of the molecule is O=C1CCC2CN(CCOc3ccc(Br)cc3)CCC2N1. The number of ether oxygens (including phenoxy) is 1. The maximum atomic E-state index is 11.4. The van der Waals surface area contributed by atoms with Crippen LogP contribution in [0.15, 0.2) is 28.7 Å². The number of amides is 1. The van der Waals surface area contributed by atoms with Crippen molar-refractivity contribution >= 4 is 21.8 Å². The number of likely N-dealkylation sites (tertiary alicyclic amines) is 1. The number of piperidine rings is 2. The average Bonchev–Trinajstić information content (AvgIpc) is 2.49. The van der Waals surface area contributed by atoms with E-state index < -0.39 is 0 Å². The van der Waals surface area contributed by atoms with Crippen LogP contribution in [0, 0.1) is 5.92 Å². The third-order valence-electron chi connectivity index (χ3n) is 4.40. The van der Waals surface area contributed by atoms with Crippen molar-refractivity contribution in [1.82, 2.24) is 10.2 Å². The first-order valence-electron chi connectivity index (χ1n) is 7.61. The Balaban J connectivity index is 1.42. The third-order valence-corrected chi connectivity index (χ3v) is 4.93. The van der Waals surface area contributed by atoms with Crippen LogP contribution < -0.4 is 10.1 Å². The van der Waals surface area contributed by atoms with E-state index in [1.54, 1.807) is 0 Å². The van der Waals surface area contributed by atoms with Gasteiger partial charge in [-0.25, -0.2) is 0 Å². The minimum Gasteiger partial charge on any atom is -0.492 e. The summed E-state index contributed by atoms with van der Waals surface area (Å²) in [5, 5.41) is 3.12. The second-order valence-electron chi connectivity index (χ2n) is 5.86. The molecule has 2 fully saturated rings. The van der Waals surface area contributed by atoms with Crippen molar-refractivity contribution in [2.24, 2.45) is 5.92 Å². The lowest BCUT2D eigenvalue weighted by molar-refractivity contribution is -0.125. The lowest BCUT2D eigenvalue weighted by atomic mass is 9.85. The first-order chi connectivity index (χ1) is 10.2. The zero-order valence-electron chi connectivity index (χ0n) is 12.1. The van der Waals surface area contributed by atoms with Crippen LogP contribution in [0.4, 0.5) is 0 Å². The van der Waals surface area contributed by atoms with Crippen LogP contribution in [0.5, 0.6) is 5.75 Å². The van der Waals surface area contributed by atoms with Gasteiger partial charge in [0.25, 0.3) is 0 Å². The molecule has 1 aromatic rings. The second-order valence-corrected chi connectivity index (χ2v) is 6.78. The number of carbonyl (C=O) groups is 1. The van der Waals surface area contributed by atoms with E-state index >= 15 is 0 Å². The minimum atomic E-state index is 0.225. The Morgan fingerprint density at radius 3 is 2.90 bits per heavy atom. The Morgan fingerprint density at radius 1 is 1.29 bits per heavy atom. The molecule has 1 N–H and O–H groups in total. The largest absolute Gasteiger partial charge is 0.492 e. The zero-order valence-corrected chi connectivity index (χ0v) is 13.6. The van der Waals surface area contributed by atoms with Crippen molar-refractivity contribution in [3.8, 4) is 5.75 Å². The third kappa shape index (κ3) is 3.98. The van der Waals surface area contributed by atoms with E-state index in [1.165, 1.54) is 0 Å². The quantitative estimate of drug-likeness (QED) is 0.904. The molecule has 3 rings (SSSR count).